The van der Waals surface area contributed by atoms with Gasteiger partial charge in [-0.1, -0.05) is 45.4 Å². The second-order valence-electron chi connectivity index (χ2n) is 4.83. The summed E-state index contributed by atoms with van der Waals surface area (Å²) < 4.78 is 6.05. The zero-order chi connectivity index (χ0) is 9.80. The Morgan fingerprint density at radius 2 is 2.00 bits per heavy atom. The second-order valence-corrected chi connectivity index (χ2v) is 7.29. The van der Waals surface area contributed by atoms with Crippen molar-refractivity contribution in [2.45, 2.75) is 63.5 Å². The van der Waals surface area contributed by atoms with Crippen LogP contribution in [0, 0.1) is 5.92 Å². The van der Waals surface area contributed by atoms with Gasteiger partial charge in [0.05, 0.1) is 0 Å². The summed E-state index contributed by atoms with van der Waals surface area (Å²) in [5, 5.41) is 0. The van der Waals surface area contributed by atoms with Crippen molar-refractivity contribution in [2.24, 2.45) is 5.92 Å². The van der Waals surface area contributed by atoms with Crippen LogP contribution in [-0.2, 0) is 4.43 Å². The predicted octanol–water partition coefficient (Wildman–Crippen LogP) is 3.76. The van der Waals surface area contributed by atoms with Gasteiger partial charge in [0.25, 0.3) is 0 Å². The molecule has 0 N–H and O–H groups in total. The molecule has 2 aliphatic rings. The quantitative estimate of drug-likeness (QED) is 0.646. The Kier molecular flexibility index (Phi) is 4.06. The van der Waals surface area contributed by atoms with Crippen LogP contribution in [0.5, 0.6) is 0 Å². The SMILES string of the molecule is CCC(C1CCCC1)[Si]1CCCCO1. The average Bonchev–Trinajstić information content (AvgIpc) is 2.74. The fourth-order valence-corrected chi connectivity index (χ4v) is 6.20. The number of hydrogen-bond donors (Lipinski definition) is 0. The van der Waals surface area contributed by atoms with Gasteiger partial charge in [0.15, 0.2) is 0 Å². The first-order chi connectivity index (χ1) is 6.92. The molecule has 1 aliphatic heterocycles. The van der Waals surface area contributed by atoms with Gasteiger partial charge in [0.1, 0.15) is 0 Å². The van der Waals surface area contributed by atoms with Crippen LogP contribution in [0.25, 0.3) is 0 Å². The lowest BCUT2D eigenvalue weighted by Gasteiger charge is -2.31. The summed E-state index contributed by atoms with van der Waals surface area (Å²) >= 11 is 0. The minimum atomic E-state index is -0.420. The molecule has 1 saturated carbocycles. The van der Waals surface area contributed by atoms with Gasteiger partial charge in [-0.2, -0.15) is 0 Å². The molecule has 1 saturated heterocycles. The van der Waals surface area contributed by atoms with Crippen LogP contribution >= 0.6 is 0 Å². The monoisotopic (exact) mass is 211 g/mol. The van der Waals surface area contributed by atoms with E-state index in [0.29, 0.717) is 0 Å². The molecule has 1 heterocycles. The normalized spacial score (nSPS) is 28.1. The first kappa shape index (κ1) is 10.7. The molecule has 0 aromatic carbocycles. The first-order valence-corrected chi connectivity index (χ1v) is 8.09. The summed E-state index contributed by atoms with van der Waals surface area (Å²) in [6, 6.07) is 1.43. The molecular formula is C12H23OSi. The molecule has 1 nitrogen and oxygen atoms in total. The van der Waals surface area contributed by atoms with Gasteiger partial charge in [-0.05, 0) is 23.9 Å². The van der Waals surface area contributed by atoms with Crippen molar-refractivity contribution in [3.63, 3.8) is 0 Å². The molecule has 0 amide bonds. The highest BCUT2D eigenvalue weighted by Gasteiger charge is 2.33. The summed E-state index contributed by atoms with van der Waals surface area (Å²) in [5.74, 6) is 1.03. The lowest BCUT2D eigenvalue weighted by molar-refractivity contribution is 0.267. The molecule has 81 valence electrons. The highest BCUT2D eigenvalue weighted by atomic mass is 28.3. The highest BCUT2D eigenvalue weighted by Crippen LogP contribution is 2.40. The molecule has 1 aliphatic carbocycles. The molecule has 2 heteroatoms. The third-order valence-corrected chi connectivity index (χ3v) is 7.06. The first-order valence-electron chi connectivity index (χ1n) is 6.40. The predicted molar refractivity (Wildman–Crippen MR) is 61.7 cm³/mol. The largest absolute Gasteiger partial charge is 0.416 e. The van der Waals surface area contributed by atoms with Crippen molar-refractivity contribution < 1.29 is 4.43 Å². The van der Waals surface area contributed by atoms with Gasteiger partial charge >= 0.3 is 0 Å². The van der Waals surface area contributed by atoms with E-state index in [1.807, 2.05) is 0 Å². The Bertz CT molecular complexity index is 160. The molecular weight excluding hydrogens is 188 g/mol. The molecule has 14 heavy (non-hydrogen) atoms. The summed E-state index contributed by atoms with van der Waals surface area (Å²) in [6.45, 7) is 3.44. The number of hydrogen-bond acceptors (Lipinski definition) is 1. The van der Waals surface area contributed by atoms with E-state index in [1.54, 1.807) is 0 Å². The Morgan fingerprint density at radius 1 is 1.21 bits per heavy atom. The van der Waals surface area contributed by atoms with E-state index < -0.39 is 9.04 Å². The minimum absolute atomic E-state index is 0.420. The summed E-state index contributed by atoms with van der Waals surface area (Å²) in [4.78, 5) is 0. The third-order valence-electron chi connectivity index (χ3n) is 3.93. The molecule has 1 radical (unpaired) electrons. The lowest BCUT2D eigenvalue weighted by atomic mass is 10.0. The maximum atomic E-state index is 6.05. The van der Waals surface area contributed by atoms with Crippen LogP contribution in [0.1, 0.15) is 51.9 Å². The Hall–Kier alpha value is 0.177. The van der Waals surface area contributed by atoms with E-state index in [4.69, 9.17) is 4.43 Å². The van der Waals surface area contributed by atoms with Gasteiger partial charge in [-0.3, -0.25) is 0 Å². The van der Waals surface area contributed by atoms with Crippen molar-refractivity contribution in [2.75, 3.05) is 6.61 Å². The van der Waals surface area contributed by atoms with Gasteiger partial charge < -0.3 is 4.43 Å². The zero-order valence-electron chi connectivity index (χ0n) is 9.43. The second kappa shape index (κ2) is 5.31. The van der Waals surface area contributed by atoms with Crippen molar-refractivity contribution in [3.05, 3.63) is 0 Å². The standard InChI is InChI=1S/C12H23OSi/c1-2-12(11-7-3-4-8-11)14-10-6-5-9-13-14/h11-12H,2-10H2,1H3. The maximum Gasteiger partial charge on any atom is 0.214 e. The summed E-state index contributed by atoms with van der Waals surface area (Å²) in [5.41, 5.74) is 0.975. The van der Waals surface area contributed by atoms with Crippen LogP contribution in [0.15, 0.2) is 0 Å². The van der Waals surface area contributed by atoms with Crippen LogP contribution in [0.4, 0.5) is 0 Å². The Balaban J connectivity index is 1.89. The van der Waals surface area contributed by atoms with Gasteiger partial charge in [0.2, 0.25) is 9.04 Å². The molecule has 2 rings (SSSR count). The smallest absolute Gasteiger partial charge is 0.214 e. The van der Waals surface area contributed by atoms with E-state index in [9.17, 15) is 0 Å². The fraction of sp³-hybridized carbons (Fsp3) is 1.00. The molecule has 2 fully saturated rings. The van der Waals surface area contributed by atoms with E-state index in [0.717, 1.165) is 18.1 Å². The summed E-state index contributed by atoms with van der Waals surface area (Å²) in [6.07, 6.45) is 10.1. The average molecular weight is 211 g/mol. The fourth-order valence-electron chi connectivity index (χ4n) is 3.15. The van der Waals surface area contributed by atoms with Crippen molar-refractivity contribution in [3.8, 4) is 0 Å². The topological polar surface area (TPSA) is 9.23 Å². The van der Waals surface area contributed by atoms with Crippen LogP contribution in [-0.4, -0.2) is 15.6 Å². The van der Waals surface area contributed by atoms with Crippen LogP contribution < -0.4 is 0 Å². The van der Waals surface area contributed by atoms with Crippen molar-refractivity contribution in [1.29, 1.82) is 0 Å². The minimum Gasteiger partial charge on any atom is -0.416 e. The zero-order valence-corrected chi connectivity index (χ0v) is 10.4. The highest BCUT2D eigenvalue weighted by molar-refractivity contribution is 6.53. The molecule has 1 atom stereocenters. The van der Waals surface area contributed by atoms with E-state index in [-0.39, 0.29) is 0 Å². The van der Waals surface area contributed by atoms with Crippen molar-refractivity contribution >= 4 is 9.04 Å². The van der Waals surface area contributed by atoms with Crippen LogP contribution in [0.2, 0.25) is 11.6 Å². The van der Waals surface area contributed by atoms with E-state index >= 15 is 0 Å². The molecule has 0 spiro atoms. The van der Waals surface area contributed by atoms with Gasteiger partial charge in [-0.25, -0.2) is 0 Å². The van der Waals surface area contributed by atoms with Gasteiger partial charge in [0, 0.05) is 6.61 Å². The molecule has 1 unspecified atom stereocenters. The third kappa shape index (κ3) is 2.40. The molecule has 0 bridgehead atoms. The summed E-state index contributed by atoms with van der Waals surface area (Å²) in [7, 11) is -0.420. The lowest BCUT2D eigenvalue weighted by Crippen LogP contribution is -2.32. The number of rotatable bonds is 3. The van der Waals surface area contributed by atoms with E-state index in [2.05, 4.69) is 6.92 Å². The van der Waals surface area contributed by atoms with Gasteiger partial charge in [-0.15, -0.1) is 0 Å². The Morgan fingerprint density at radius 3 is 2.57 bits per heavy atom. The Labute approximate surface area is 90.0 Å². The molecule has 0 aromatic rings. The van der Waals surface area contributed by atoms with Crippen LogP contribution in [0.3, 0.4) is 0 Å². The van der Waals surface area contributed by atoms with E-state index in [1.165, 1.54) is 51.0 Å². The molecule has 0 aromatic heterocycles. The van der Waals surface area contributed by atoms with Crippen molar-refractivity contribution in [1.82, 2.24) is 0 Å². The maximum absolute atomic E-state index is 6.05.